The van der Waals surface area contributed by atoms with Crippen molar-refractivity contribution in [1.29, 1.82) is 0 Å². The van der Waals surface area contributed by atoms with E-state index in [0.29, 0.717) is 52.1 Å². The monoisotopic (exact) mass is 687 g/mol. The minimum Gasteiger partial charge on any atom is -0.335 e. The van der Waals surface area contributed by atoms with Crippen LogP contribution in [0, 0.1) is 29.6 Å². The van der Waals surface area contributed by atoms with Crippen LogP contribution in [0.4, 0.5) is 8.78 Å². The van der Waals surface area contributed by atoms with Gasteiger partial charge in [-0.05, 0) is 62.7 Å². The van der Waals surface area contributed by atoms with Gasteiger partial charge < -0.3 is 14.4 Å². The van der Waals surface area contributed by atoms with Gasteiger partial charge in [0.15, 0.2) is 5.82 Å². The van der Waals surface area contributed by atoms with Crippen molar-refractivity contribution >= 4 is 11.8 Å². The van der Waals surface area contributed by atoms with E-state index in [4.69, 9.17) is 0 Å². The molecule has 11 nitrogen and oxygen atoms in total. The molecule has 6 heterocycles. The van der Waals surface area contributed by atoms with Crippen molar-refractivity contribution in [2.24, 2.45) is 29.6 Å². The van der Waals surface area contributed by atoms with Gasteiger partial charge in [0, 0.05) is 44.4 Å². The first-order chi connectivity index (χ1) is 23.2. The second-order valence-corrected chi connectivity index (χ2v) is 15.6. The number of rotatable bonds is 8. The second kappa shape index (κ2) is 16.0. The van der Waals surface area contributed by atoms with Crippen LogP contribution in [0.15, 0.2) is 6.07 Å². The largest absolute Gasteiger partial charge is 0.335 e. The summed E-state index contributed by atoms with van der Waals surface area (Å²) in [6, 6.07) is 1.96. The van der Waals surface area contributed by atoms with Gasteiger partial charge in [-0.2, -0.15) is 5.10 Å². The number of hydrogen-bond donors (Lipinski definition) is 0. The van der Waals surface area contributed by atoms with Crippen LogP contribution in [0.5, 0.6) is 0 Å². The average Bonchev–Trinajstić information content (AvgIpc) is 3.66. The second-order valence-electron chi connectivity index (χ2n) is 15.6. The van der Waals surface area contributed by atoms with Crippen LogP contribution in [0.3, 0.4) is 0 Å². The summed E-state index contributed by atoms with van der Waals surface area (Å²) in [5.41, 5.74) is 1.81. The molecule has 0 spiro atoms. The number of fused-ring (bicyclic) bond motifs is 2. The maximum Gasteiger partial charge on any atom is 0.263 e. The van der Waals surface area contributed by atoms with Gasteiger partial charge in [0.05, 0.1) is 44.1 Å². The van der Waals surface area contributed by atoms with E-state index in [9.17, 15) is 18.4 Å². The lowest BCUT2D eigenvalue weighted by molar-refractivity contribution is -0.136. The first-order valence-electron chi connectivity index (χ1n) is 18.6. The molecule has 1 atom stereocenters. The van der Waals surface area contributed by atoms with E-state index in [1.54, 1.807) is 0 Å². The summed E-state index contributed by atoms with van der Waals surface area (Å²) in [5, 5.41) is 13.3. The Labute approximate surface area is 291 Å². The number of halogens is 2. The van der Waals surface area contributed by atoms with Crippen molar-refractivity contribution in [2.75, 3.05) is 39.3 Å². The molecule has 0 N–H and O–H groups in total. The van der Waals surface area contributed by atoms with E-state index in [1.807, 2.05) is 60.1 Å². The standard InChI is InChI=1S/C18H28F2N4O.C18H31N5O/c1-4-17(25)23-7-8-24-15(11-23)9-14(21-24)10-22-6-5-16(13(2)3)18(19,20)12-22;1-13(2)15-5-7-21(8-6-15)11-16-19-20-17-12-22(9-10-23(16)17)18(24)14(3)4/h9,13,16H,4-8,10-12H2,1-3H3;13-15H,5-12H2,1-4H3. The lowest BCUT2D eigenvalue weighted by Crippen LogP contribution is -2.49. The lowest BCUT2D eigenvalue weighted by atomic mass is 9.83. The third-order valence-corrected chi connectivity index (χ3v) is 11.0. The highest BCUT2D eigenvalue weighted by molar-refractivity contribution is 5.78. The number of likely N-dealkylation sites (tertiary alicyclic amines) is 2. The van der Waals surface area contributed by atoms with Crippen LogP contribution in [0.1, 0.15) is 97.2 Å². The normalized spacial score (nSPS) is 21.9. The molecular formula is C36H59F2N9O2. The fourth-order valence-corrected chi connectivity index (χ4v) is 7.92. The number of hydrogen-bond acceptors (Lipinski definition) is 7. The van der Waals surface area contributed by atoms with Gasteiger partial charge in [-0.25, -0.2) is 8.78 Å². The third-order valence-electron chi connectivity index (χ3n) is 11.0. The summed E-state index contributed by atoms with van der Waals surface area (Å²) in [7, 11) is 0. The predicted octanol–water partition coefficient (Wildman–Crippen LogP) is 4.89. The first-order valence-corrected chi connectivity index (χ1v) is 18.6. The number of aromatic nitrogens is 5. The topological polar surface area (TPSA) is 95.6 Å². The number of nitrogens with zero attached hydrogens (tertiary/aromatic N) is 9. The highest BCUT2D eigenvalue weighted by Gasteiger charge is 2.45. The summed E-state index contributed by atoms with van der Waals surface area (Å²) in [5.74, 6) is 0.864. The van der Waals surface area contributed by atoms with Crippen molar-refractivity contribution in [3.8, 4) is 0 Å². The zero-order chi connectivity index (χ0) is 35.5. The van der Waals surface area contributed by atoms with Crippen LogP contribution in [0.25, 0.3) is 0 Å². The molecule has 13 heteroatoms. The third kappa shape index (κ3) is 9.06. The Morgan fingerprint density at radius 3 is 2.16 bits per heavy atom. The Morgan fingerprint density at radius 2 is 1.53 bits per heavy atom. The molecule has 2 aromatic rings. The van der Waals surface area contributed by atoms with Gasteiger partial charge in [0.25, 0.3) is 5.92 Å². The molecule has 1 unspecified atom stereocenters. The van der Waals surface area contributed by atoms with Gasteiger partial charge >= 0.3 is 0 Å². The molecule has 0 bridgehead atoms. The van der Waals surface area contributed by atoms with Crippen LogP contribution >= 0.6 is 0 Å². The minimum absolute atomic E-state index is 0.000782. The van der Waals surface area contributed by atoms with Crippen molar-refractivity contribution in [3.63, 3.8) is 0 Å². The molecule has 2 fully saturated rings. The van der Waals surface area contributed by atoms with Crippen molar-refractivity contribution in [1.82, 2.24) is 44.1 Å². The SMILES string of the molecule is CC(C)C(=O)N1CCn2c(CN3CCC(C(C)C)CC3)nnc2C1.CCC(=O)N1CCn2nc(CN3CCC(C(C)C)C(F)(F)C3)cc2C1. The molecule has 0 aliphatic carbocycles. The van der Waals surface area contributed by atoms with Gasteiger partial charge in [-0.15, -0.1) is 10.2 Å². The molecule has 274 valence electrons. The fourth-order valence-electron chi connectivity index (χ4n) is 7.92. The fraction of sp³-hybridized carbons (Fsp3) is 0.806. The number of carbonyl (C=O) groups excluding carboxylic acids is 2. The van der Waals surface area contributed by atoms with Gasteiger partial charge in [0.2, 0.25) is 11.8 Å². The van der Waals surface area contributed by atoms with Crippen molar-refractivity contribution in [3.05, 3.63) is 29.1 Å². The van der Waals surface area contributed by atoms with Gasteiger partial charge in [-0.1, -0.05) is 48.5 Å². The predicted molar refractivity (Wildman–Crippen MR) is 184 cm³/mol. The number of carbonyl (C=O) groups is 2. The summed E-state index contributed by atoms with van der Waals surface area (Å²) < 4.78 is 32.9. The summed E-state index contributed by atoms with van der Waals surface area (Å²) in [4.78, 5) is 32.1. The van der Waals surface area contributed by atoms with Gasteiger partial charge in [0.1, 0.15) is 5.82 Å². The van der Waals surface area contributed by atoms with Crippen LogP contribution in [-0.4, -0.2) is 101 Å². The van der Waals surface area contributed by atoms with E-state index in [-0.39, 0.29) is 30.2 Å². The van der Waals surface area contributed by atoms with Crippen molar-refractivity contribution < 1.29 is 18.4 Å². The van der Waals surface area contributed by atoms with Gasteiger partial charge in [-0.3, -0.25) is 24.1 Å². The Morgan fingerprint density at radius 1 is 0.837 bits per heavy atom. The molecule has 4 aliphatic rings. The van der Waals surface area contributed by atoms with E-state index >= 15 is 0 Å². The number of amides is 2. The Kier molecular flexibility index (Phi) is 12.2. The van der Waals surface area contributed by atoms with E-state index < -0.39 is 11.8 Å². The smallest absolute Gasteiger partial charge is 0.263 e. The summed E-state index contributed by atoms with van der Waals surface area (Å²) >= 11 is 0. The highest BCUT2D eigenvalue weighted by Crippen LogP contribution is 2.38. The summed E-state index contributed by atoms with van der Waals surface area (Å²) in [6.45, 7) is 22.4. The Balaban J connectivity index is 0.000000191. The zero-order valence-electron chi connectivity index (χ0n) is 30.9. The number of piperidine rings is 2. The Bertz CT molecular complexity index is 1410. The van der Waals surface area contributed by atoms with Crippen LogP contribution in [-0.2, 0) is 48.9 Å². The molecule has 0 aromatic carbocycles. The van der Waals surface area contributed by atoms with Crippen LogP contribution in [0.2, 0.25) is 0 Å². The van der Waals surface area contributed by atoms with E-state index in [2.05, 4.69) is 38.6 Å². The molecule has 0 saturated carbocycles. The molecule has 2 aromatic heterocycles. The first kappa shape index (κ1) is 37.3. The van der Waals surface area contributed by atoms with Crippen molar-refractivity contribution in [2.45, 2.75) is 119 Å². The maximum atomic E-state index is 14.4. The maximum absolute atomic E-state index is 14.4. The minimum atomic E-state index is -2.64. The Hall–Kier alpha value is -2.93. The summed E-state index contributed by atoms with van der Waals surface area (Å²) in [6.07, 6.45) is 3.60. The molecule has 6 rings (SSSR count). The van der Waals surface area contributed by atoms with E-state index in [0.717, 1.165) is 67.6 Å². The molecule has 4 aliphatic heterocycles. The lowest BCUT2D eigenvalue weighted by Gasteiger charge is -2.39. The molecule has 0 radical (unpaired) electrons. The molecule has 49 heavy (non-hydrogen) atoms. The molecular weight excluding hydrogens is 628 g/mol. The number of alkyl halides is 2. The quantitative estimate of drug-likeness (QED) is 0.390. The van der Waals surface area contributed by atoms with Crippen LogP contribution < -0.4 is 0 Å². The average molecular weight is 688 g/mol. The highest BCUT2D eigenvalue weighted by atomic mass is 19.3. The molecule has 2 saturated heterocycles. The van der Waals surface area contributed by atoms with E-state index in [1.165, 1.54) is 12.8 Å². The zero-order valence-corrected chi connectivity index (χ0v) is 30.9. The molecule has 2 amide bonds.